The average Bonchev–Trinajstić information content (AvgIpc) is 2.35. The molecule has 0 spiro atoms. The second-order valence-corrected chi connectivity index (χ2v) is 4.05. The molecular formula is C12H18ClNO2. The molecule has 0 bridgehead atoms. The molecule has 0 aliphatic heterocycles. The Morgan fingerprint density at radius 2 is 2.12 bits per heavy atom. The second-order valence-electron chi connectivity index (χ2n) is 3.78. The topological polar surface area (TPSA) is 52.5 Å². The number of aliphatic hydroxyl groups excluding tert-OH is 2. The normalized spacial score (nSPS) is 14.8. The number of nitrogens with one attached hydrogen (secondary N) is 1. The Kier molecular flexibility index (Phi) is 5.77. The molecule has 0 saturated heterocycles. The molecule has 0 aliphatic rings. The minimum absolute atomic E-state index is 0.410. The Hall–Kier alpha value is -0.610. The van der Waals surface area contributed by atoms with Gasteiger partial charge in [0.25, 0.3) is 0 Å². The van der Waals surface area contributed by atoms with E-state index in [1.54, 1.807) is 6.07 Å². The van der Waals surface area contributed by atoms with E-state index in [9.17, 15) is 10.2 Å². The van der Waals surface area contributed by atoms with Gasteiger partial charge in [0.15, 0.2) is 0 Å². The van der Waals surface area contributed by atoms with Crippen LogP contribution in [0.1, 0.15) is 23.7 Å². The van der Waals surface area contributed by atoms with Crippen molar-refractivity contribution in [2.24, 2.45) is 0 Å². The lowest BCUT2D eigenvalue weighted by Gasteiger charge is -2.18. The molecule has 0 fully saturated rings. The summed E-state index contributed by atoms with van der Waals surface area (Å²) >= 11 is 5.71. The highest BCUT2D eigenvalue weighted by Crippen LogP contribution is 2.20. The van der Waals surface area contributed by atoms with Gasteiger partial charge in [0, 0.05) is 5.88 Å². The number of rotatable bonds is 6. The van der Waals surface area contributed by atoms with Crippen LogP contribution < -0.4 is 5.32 Å². The van der Waals surface area contributed by atoms with Gasteiger partial charge in [0.1, 0.15) is 6.10 Å². The first kappa shape index (κ1) is 13.5. The number of aliphatic hydroxyl groups is 2. The zero-order valence-corrected chi connectivity index (χ0v) is 10.1. The first-order chi connectivity index (χ1) is 7.69. The third kappa shape index (κ3) is 3.76. The lowest BCUT2D eigenvalue weighted by molar-refractivity contribution is 0.0140. The molecule has 1 aromatic rings. The van der Waals surface area contributed by atoms with Gasteiger partial charge in [-0.15, -0.1) is 11.6 Å². The molecule has 0 aliphatic carbocycles. The van der Waals surface area contributed by atoms with E-state index in [1.807, 2.05) is 25.2 Å². The second kappa shape index (κ2) is 6.86. The highest BCUT2D eigenvalue weighted by atomic mass is 35.5. The molecule has 4 heteroatoms. The summed E-state index contributed by atoms with van der Waals surface area (Å²) in [6.45, 7) is 0.674. The maximum absolute atomic E-state index is 9.91. The van der Waals surface area contributed by atoms with Crippen molar-refractivity contribution >= 4 is 11.6 Å². The Labute approximate surface area is 101 Å². The first-order valence-corrected chi connectivity index (χ1v) is 5.88. The summed E-state index contributed by atoms with van der Waals surface area (Å²) in [6, 6.07) is 7.34. The predicted octanol–water partition coefficient (Wildman–Crippen LogP) is 1.43. The van der Waals surface area contributed by atoms with Gasteiger partial charge < -0.3 is 15.5 Å². The Morgan fingerprint density at radius 1 is 1.38 bits per heavy atom. The van der Waals surface area contributed by atoms with E-state index >= 15 is 0 Å². The summed E-state index contributed by atoms with van der Waals surface area (Å²) < 4.78 is 0. The van der Waals surface area contributed by atoms with Gasteiger partial charge >= 0.3 is 0 Å². The SMILES string of the molecule is CNCCC(O)C(O)c1cccc(CCl)c1. The largest absolute Gasteiger partial charge is 0.390 e. The standard InChI is InChI=1S/C12H18ClNO2/c1-14-6-5-11(15)12(16)10-4-2-3-9(7-10)8-13/h2-4,7,11-12,14-16H,5-6,8H2,1H3. The van der Waals surface area contributed by atoms with E-state index in [4.69, 9.17) is 11.6 Å². The molecule has 0 amide bonds. The summed E-state index contributed by atoms with van der Waals surface area (Å²) in [5, 5.41) is 22.6. The highest BCUT2D eigenvalue weighted by Gasteiger charge is 2.17. The average molecular weight is 244 g/mol. The van der Waals surface area contributed by atoms with E-state index in [1.165, 1.54) is 0 Å². The maximum atomic E-state index is 9.91. The minimum Gasteiger partial charge on any atom is -0.390 e. The molecule has 90 valence electrons. The van der Waals surface area contributed by atoms with Crippen molar-refractivity contribution in [1.82, 2.24) is 5.32 Å². The van der Waals surface area contributed by atoms with Gasteiger partial charge in [-0.05, 0) is 31.1 Å². The minimum atomic E-state index is -0.850. The van der Waals surface area contributed by atoms with Crippen LogP contribution >= 0.6 is 11.6 Å². The smallest absolute Gasteiger partial charge is 0.105 e. The van der Waals surface area contributed by atoms with Crippen molar-refractivity contribution in [3.63, 3.8) is 0 Å². The molecule has 0 radical (unpaired) electrons. The number of halogens is 1. The predicted molar refractivity (Wildman–Crippen MR) is 65.5 cm³/mol. The quantitative estimate of drug-likeness (QED) is 0.663. The molecule has 2 unspecified atom stereocenters. The van der Waals surface area contributed by atoms with Crippen LogP contribution in [-0.2, 0) is 5.88 Å². The summed E-state index contributed by atoms with van der Waals surface area (Å²) in [6.07, 6.45) is -1.09. The van der Waals surface area contributed by atoms with Gasteiger partial charge in [0.05, 0.1) is 6.10 Å². The fourth-order valence-electron chi connectivity index (χ4n) is 1.53. The third-order valence-corrected chi connectivity index (χ3v) is 2.81. The highest BCUT2D eigenvalue weighted by molar-refractivity contribution is 6.17. The monoisotopic (exact) mass is 243 g/mol. The van der Waals surface area contributed by atoms with Crippen LogP contribution in [0.15, 0.2) is 24.3 Å². The lowest BCUT2D eigenvalue weighted by atomic mass is 10.0. The fraction of sp³-hybridized carbons (Fsp3) is 0.500. The number of hydrogen-bond acceptors (Lipinski definition) is 3. The molecule has 3 nitrogen and oxygen atoms in total. The first-order valence-electron chi connectivity index (χ1n) is 5.34. The van der Waals surface area contributed by atoms with Crippen LogP contribution in [-0.4, -0.2) is 29.9 Å². The number of alkyl halides is 1. The number of hydrogen-bond donors (Lipinski definition) is 3. The molecule has 16 heavy (non-hydrogen) atoms. The van der Waals surface area contributed by atoms with Crippen LogP contribution in [0.4, 0.5) is 0 Å². The summed E-state index contributed by atoms with van der Waals surface area (Å²) in [5.41, 5.74) is 1.65. The molecule has 3 N–H and O–H groups in total. The van der Waals surface area contributed by atoms with E-state index in [0.717, 1.165) is 5.56 Å². The van der Waals surface area contributed by atoms with E-state index < -0.39 is 12.2 Å². The van der Waals surface area contributed by atoms with Gasteiger partial charge in [-0.3, -0.25) is 0 Å². The van der Waals surface area contributed by atoms with Gasteiger partial charge in [-0.2, -0.15) is 0 Å². The molecule has 0 heterocycles. The summed E-state index contributed by atoms with van der Waals surface area (Å²) in [4.78, 5) is 0. The van der Waals surface area contributed by atoms with E-state index in [2.05, 4.69) is 5.32 Å². The van der Waals surface area contributed by atoms with Crippen LogP contribution in [0.25, 0.3) is 0 Å². The van der Waals surface area contributed by atoms with Crippen molar-refractivity contribution in [1.29, 1.82) is 0 Å². The Balaban J connectivity index is 2.67. The van der Waals surface area contributed by atoms with Crippen molar-refractivity contribution in [2.75, 3.05) is 13.6 Å². The van der Waals surface area contributed by atoms with Crippen molar-refractivity contribution in [3.05, 3.63) is 35.4 Å². The fourth-order valence-corrected chi connectivity index (χ4v) is 1.70. The zero-order chi connectivity index (χ0) is 12.0. The summed E-state index contributed by atoms with van der Waals surface area (Å²) in [7, 11) is 1.81. The van der Waals surface area contributed by atoms with Crippen LogP contribution in [0.5, 0.6) is 0 Å². The van der Waals surface area contributed by atoms with E-state index in [0.29, 0.717) is 24.4 Å². The van der Waals surface area contributed by atoms with Crippen LogP contribution in [0.2, 0.25) is 0 Å². The molecule has 1 rings (SSSR count). The summed E-state index contributed by atoms with van der Waals surface area (Å²) in [5.74, 6) is 0.410. The van der Waals surface area contributed by atoms with Crippen LogP contribution in [0.3, 0.4) is 0 Å². The van der Waals surface area contributed by atoms with Crippen molar-refractivity contribution in [2.45, 2.75) is 24.5 Å². The molecule has 0 aromatic heterocycles. The van der Waals surface area contributed by atoms with Crippen molar-refractivity contribution < 1.29 is 10.2 Å². The molecule has 0 saturated carbocycles. The number of benzene rings is 1. The zero-order valence-electron chi connectivity index (χ0n) is 9.36. The third-order valence-electron chi connectivity index (χ3n) is 2.50. The molecular weight excluding hydrogens is 226 g/mol. The lowest BCUT2D eigenvalue weighted by Crippen LogP contribution is -2.23. The maximum Gasteiger partial charge on any atom is 0.105 e. The van der Waals surface area contributed by atoms with E-state index in [-0.39, 0.29) is 0 Å². The molecule has 2 atom stereocenters. The van der Waals surface area contributed by atoms with Gasteiger partial charge in [-0.1, -0.05) is 24.3 Å². The van der Waals surface area contributed by atoms with Gasteiger partial charge in [-0.25, -0.2) is 0 Å². The molecule has 1 aromatic carbocycles. The van der Waals surface area contributed by atoms with Crippen LogP contribution in [0, 0.1) is 0 Å². The van der Waals surface area contributed by atoms with Gasteiger partial charge in [0.2, 0.25) is 0 Å². The Bertz CT molecular complexity index is 320. The Morgan fingerprint density at radius 3 is 2.75 bits per heavy atom. The van der Waals surface area contributed by atoms with Crippen molar-refractivity contribution in [3.8, 4) is 0 Å².